The van der Waals surface area contributed by atoms with Crippen LogP contribution < -0.4 is 0 Å². The molecule has 0 aromatic heterocycles. The van der Waals surface area contributed by atoms with Crippen LogP contribution in [0.2, 0.25) is 0 Å². The van der Waals surface area contributed by atoms with Gasteiger partial charge in [-0.2, -0.15) is 0 Å². The molecule has 4 fully saturated rings. The highest BCUT2D eigenvalue weighted by Crippen LogP contribution is 2.75. The number of rotatable bonds is 1. The molecule has 33 heavy (non-hydrogen) atoms. The number of hydrogen-bond donors (Lipinski definition) is 2. The first-order valence-electron chi connectivity index (χ1n) is 13.5. The van der Waals surface area contributed by atoms with E-state index in [1.165, 1.54) is 18.4 Å². The summed E-state index contributed by atoms with van der Waals surface area (Å²) >= 11 is 0. The Kier molecular flexibility index (Phi) is 5.01. The smallest absolute Gasteiger partial charge is 0.314 e. The number of fused-ring (bicyclic) bond motifs is 7. The predicted molar refractivity (Wildman–Crippen MR) is 133 cm³/mol. The third-order valence-electron chi connectivity index (χ3n) is 12.5. The number of aliphatic carboxylic acids is 1. The van der Waals surface area contributed by atoms with Crippen LogP contribution in [0, 0.1) is 50.7 Å². The van der Waals surface area contributed by atoms with Gasteiger partial charge in [-0.05, 0) is 97.2 Å². The van der Waals surface area contributed by atoms with E-state index in [0.717, 1.165) is 50.5 Å². The van der Waals surface area contributed by atoms with E-state index >= 15 is 0 Å². The fourth-order valence-electron chi connectivity index (χ4n) is 10.5. The maximum atomic E-state index is 12.9. The van der Waals surface area contributed by atoms with Crippen LogP contribution in [0.25, 0.3) is 0 Å². The number of allylic oxidation sites excluding steroid dienone is 2. The van der Waals surface area contributed by atoms with Crippen LogP contribution in [0.15, 0.2) is 23.8 Å². The molecule has 9 atom stereocenters. The van der Waals surface area contributed by atoms with Crippen LogP contribution in [0.1, 0.15) is 99.3 Å². The molecule has 0 amide bonds. The number of carbonyl (C=O) groups is 1. The first kappa shape index (κ1) is 23.6. The van der Waals surface area contributed by atoms with E-state index in [9.17, 15) is 15.0 Å². The van der Waals surface area contributed by atoms with Gasteiger partial charge in [0.05, 0.1) is 11.5 Å². The molecule has 4 saturated carbocycles. The van der Waals surface area contributed by atoms with Gasteiger partial charge in [-0.1, -0.05) is 65.3 Å². The SMILES string of the molecule is C=C1CC(C)(C)C[C@H]2C3=CC[C@@H]4[C@@]5(C)CC[C@H](O)[C@@H](C)[C@@H]5CC[C@@]4(C)[C@]3(C)CC[C@@]12C(=O)O. The molecule has 0 aliphatic heterocycles. The summed E-state index contributed by atoms with van der Waals surface area (Å²) in [5.74, 6) is 0.993. The van der Waals surface area contributed by atoms with Crippen molar-refractivity contribution in [3.05, 3.63) is 23.8 Å². The molecule has 184 valence electrons. The second-order valence-corrected chi connectivity index (χ2v) is 14.3. The molecule has 0 heterocycles. The third kappa shape index (κ3) is 2.81. The van der Waals surface area contributed by atoms with Gasteiger partial charge >= 0.3 is 5.97 Å². The summed E-state index contributed by atoms with van der Waals surface area (Å²) < 4.78 is 0. The number of hydrogen-bond acceptors (Lipinski definition) is 2. The number of carboxylic acids is 1. The van der Waals surface area contributed by atoms with Crippen LogP contribution in [0.3, 0.4) is 0 Å². The average Bonchev–Trinajstić information content (AvgIpc) is 2.70. The standard InChI is InChI=1S/C30H46O3/c1-18-16-26(3,4)17-22-21-8-9-24-27(5)12-11-23(31)19(2)20(27)10-13-29(24,7)28(21,6)14-15-30(18,22)25(32)33/h8,19-20,22-24,31H,1,9-17H2,2-7H3,(H,32,33)/t19-,20-,22-,23-,24+,27-,28+,29+,30+/m0/s1. The lowest BCUT2D eigenvalue weighted by Crippen LogP contribution is -2.64. The quantitative estimate of drug-likeness (QED) is 0.419. The Balaban J connectivity index is 1.61. The molecule has 0 aromatic carbocycles. The maximum Gasteiger partial charge on any atom is 0.314 e. The van der Waals surface area contributed by atoms with Crippen LogP contribution in [-0.2, 0) is 4.79 Å². The summed E-state index contributed by atoms with van der Waals surface area (Å²) in [6, 6.07) is 0. The van der Waals surface area contributed by atoms with Gasteiger partial charge in [-0.15, -0.1) is 0 Å². The minimum atomic E-state index is -0.783. The third-order valence-corrected chi connectivity index (χ3v) is 12.5. The molecule has 0 aromatic rings. The Morgan fingerprint density at radius 3 is 2.42 bits per heavy atom. The van der Waals surface area contributed by atoms with E-state index in [0.29, 0.717) is 17.8 Å². The largest absolute Gasteiger partial charge is 0.481 e. The van der Waals surface area contributed by atoms with Gasteiger partial charge in [-0.25, -0.2) is 0 Å². The molecule has 3 heteroatoms. The molecule has 0 radical (unpaired) electrons. The predicted octanol–water partition coefficient (Wildman–Crippen LogP) is 7.01. The zero-order valence-electron chi connectivity index (χ0n) is 21.8. The van der Waals surface area contributed by atoms with Crippen molar-refractivity contribution < 1.29 is 15.0 Å². The molecule has 0 spiro atoms. The van der Waals surface area contributed by atoms with Crippen molar-refractivity contribution in [3.63, 3.8) is 0 Å². The fraction of sp³-hybridized carbons (Fsp3) is 0.833. The Hall–Kier alpha value is -1.09. The van der Waals surface area contributed by atoms with Gasteiger partial charge in [0.2, 0.25) is 0 Å². The molecular formula is C30H46O3. The minimum absolute atomic E-state index is 0.0422. The molecule has 0 bridgehead atoms. The Bertz CT molecular complexity index is 916. The molecule has 5 aliphatic rings. The topological polar surface area (TPSA) is 57.5 Å². The van der Waals surface area contributed by atoms with Crippen LogP contribution >= 0.6 is 0 Å². The summed E-state index contributed by atoms with van der Waals surface area (Å²) in [4.78, 5) is 12.9. The van der Waals surface area contributed by atoms with Gasteiger partial charge < -0.3 is 10.2 Å². The van der Waals surface area contributed by atoms with E-state index in [1.54, 1.807) is 0 Å². The maximum absolute atomic E-state index is 12.9. The highest BCUT2D eigenvalue weighted by Gasteiger charge is 2.68. The van der Waals surface area contributed by atoms with E-state index in [-0.39, 0.29) is 33.7 Å². The van der Waals surface area contributed by atoms with E-state index in [2.05, 4.69) is 54.2 Å². The monoisotopic (exact) mass is 454 g/mol. The van der Waals surface area contributed by atoms with Crippen molar-refractivity contribution in [3.8, 4) is 0 Å². The van der Waals surface area contributed by atoms with Crippen molar-refractivity contribution in [2.45, 2.75) is 105 Å². The summed E-state index contributed by atoms with van der Waals surface area (Å²) in [6.45, 7) is 18.8. The lowest BCUT2D eigenvalue weighted by Gasteiger charge is -2.70. The van der Waals surface area contributed by atoms with Crippen LogP contribution in [0.5, 0.6) is 0 Å². The Labute approximate surface area is 201 Å². The summed E-state index contributed by atoms with van der Waals surface area (Å²) in [7, 11) is 0. The van der Waals surface area contributed by atoms with Crippen molar-refractivity contribution in [1.29, 1.82) is 0 Å². The van der Waals surface area contributed by atoms with Crippen molar-refractivity contribution >= 4 is 5.97 Å². The zero-order valence-corrected chi connectivity index (χ0v) is 21.8. The van der Waals surface area contributed by atoms with Gasteiger partial charge in [0.1, 0.15) is 0 Å². The molecule has 3 nitrogen and oxygen atoms in total. The molecule has 2 N–H and O–H groups in total. The van der Waals surface area contributed by atoms with Gasteiger partial charge in [0.25, 0.3) is 0 Å². The summed E-state index contributed by atoms with van der Waals surface area (Å²) in [6.07, 6.45) is 11.3. The molecule has 0 unspecified atom stereocenters. The lowest BCUT2D eigenvalue weighted by atomic mass is 9.34. The van der Waals surface area contributed by atoms with E-state index < -0.39 is 11.4 Å². The second kappa shape index (κ2) is 6.99. The van der Waals surface area contributed by atoms with Crippen molar-refractivity contribution in [2.24, 2.45) is 50.7 Å². The Morgan fingerprint density at radius 1 is 1.06 bits per heavy atom. The summed E-state index contributed by atoms with van der Waals surface area (Å²) in [5.41, 5.74) is 2.20. The van der Waals surface area contributed by atoms with Gasteiger partial charge in [-0.3, -0.25) is 4.79 Å². The van der Waals surface area contributed by atoms with Crippen LogP contribution in [0.4, 0.5) is 0 Å². The number of aliphatic hydroxyl groups is 1. The molecule has 5 rings (SSSR count). The summed E-state index contributed by atoms with van der Waals surface area (Å²) in [5, 5.41) is 21.2. The zero-order chi connectivity index (χ0) is 24.2. The average molecular weight is 455 g/mol. The normalized spacial score (nSPS) is 53.1. The van der Waals surface area contributed by atoms with Crippen molar-refractivity contribution in [2.75, 3.05) is 0 Å². The minimum Gasteiger partial charge on any atom is -0.481 e. The highest BCUT2D eigenvalue weighted by molar-refractivity contribution is 5.80. The second-order valence-electron chi connectivity index (χ2n) is 14.3. The molecule has 0 saturated heterocycles. The van der Waals surface area contributed by atoms with E-state index in [4.69, 9.17) is 0 Å². The fourth-order valence-corrected chi connectivity index (χ4v) is 10.5. The Morgan fingerprint density at radius 2 is 1.76 bits per heavy atom. The van der Waals surface area contributed by atoms with Crippen LogP contribution in [-0.4, -0.2) is 22.3 Å². The first-order valence-corrected chi connectivity index (χ1v) is 13.5. The van der Waals surface area contributed by atoms with Gasteiger partial charge in [0.15, 0.2) is 0 Å². The first-order chi connectivity index (χ1) is 15.2. The van der Waals surface area contributed by atoms with Gasteiger partial charge in [0, 0.05) is 5.92 Å². The number of carboxylic acid groups (broad SMARTS) is 1. The lowest BCUT2D eigenvalue weighted by molar-refractivity contribution is -0.182. The number of aliphatic hydroxyl groups excluding tert-OH is 1. The van der Waals surface area contributed by atoms with E-state index in [1.807, 2.05) is 0 Å². The van der Waals surface area contributed by atoms with Crippen molar-refractivity contribution in [1.82, 2.24) is 0 Å². The molecular weight excluding hydrogens is 408 g/mol. The molecule has 5 aliphatic carbocycles. The highest BCUT2D eigenvalue weighted by atomic mass is 16.4.